The van der Waals surface area contributed by atoms with E-state index in [-0.39, 0.29) is 12.1 Å². The molecule has 5 nitrogen and oxygen atoms in total. The van der Waals surface area contributed by atoms with Crippen LogP contribution in [0.1, 0.15) is 27.2 Å². The molecule has 0 saturated carbocycles. The van der Waals surface area contributed by atoms with Gasteiger partial charge in [0, 0.05) is 6.54 Å². The van der Waals surface area contributed by atoms with Crippen LogP contribution >= 0.6 is 0 Å². The number of carbonyl (C=O) groups excluding carboxylic acids is 1. The van der Waals surface area contributed by atoms with Crippen molar-refractivity contribution in [2.75, 3.05) is 26.3 Å². The molecule has 16 heavy (non-hydrogen) atoms. The molecule has 5 heteroatoms. The van der Waals surface area contributed by atoms with E-state index >= 15 is 0 Å². The molecule has 0 radical (unpaired) electrons. The first-order chi connectivity index (χ1) is 7.44. The molecule has 0 aromatic heterocycles. The minimum Gasteiger partial charge on any atom is -0.444 e. The van der Waals surface area contributed by atoms with Crippen molar-refractivity contribution in [2.45, 2.75) is 38.8 Å². The highest BCUT2D eigenvalue weighted by molar-refractivity contribution is 5.68. The average molecular weight is 230 g/mol. The molecule has 1 amide bonds. The second-order valence-corrected chi connectivity index (χ2v) is 4.98. The average Bonchev–Trinajstić information content (AvgIpc) is 2.16. The zero-order valence-electron chi connectivity index (χ0n) is 10.4. The quantitative estimate of drug-likeness (QED) is 0.767. The summed E-state index contributed by atoms with van der Waals surface area (Å²) in [6.45, 7) is 7.85. The van der Waals surface area contributed by atoms with Gasteiger partial charge in [-0.15, -0.1) is 0 Å². The van der Waals surface area contributed by atoms with Crippen LogP contribution in [0.4, 0.5) is 4.79 Å². The molecule has 1 aliphatic heterocycles. The molecule has 0 spiro atoms. The number of nitrogens with two attached hydrogens (primary N) is 1. The van der Waals surface area contributed by atoms with Crippen molar-refractivity contribution in [3.63, 3.8) is 0 Å². The molecular weight excluding hydrogens is 208 g/mol. The number of rotatable bonds is 2. The number of nitrogens with zero attached hydrogens (tertiary/aromatic N) is 1. The van der Waals surface area contributed by atoms with Crippen molar-refractivity contribution >= 4 is 6.09 Å². The largest absolute Gasteiger partial charge is 0.444 e. The van der Waals surface area contributed by atoms with Gasteiger partial charge in [-0.1, -0.05) is 0 Å². The van der Waals surface area contributed by atoms with E-state index < -0.39 is 5.60 Å². The van der Waals surface area contributed by atoms with E-state index in [4.69, 9.17) is 15.2 Å². The number of hydrogen-bond acceptors (Lipinski definition) is 4. The Morgan fingerprint density at radius 2 is 2.25 bits per heavy atom. The molecule has 94 valence electrons. The van der Waals surface area contributed by atoms with Crippen molar-refractivity contribution in [1.29, 1.82) is 0 Å². The fraction of sp³-hybridized carbons (Fsp3) is 0.909. The number of carbonyl (C=O) groups is 1. The Morgan fingerprint density at radius 1 is 1.56 bits per heavy atom. The maximum absolute atomic E-state index is 11.9. The first-order valence-electron chi connectivity index (χ1n) is 5.71. The summed E-state index contributed by atoms with van der Waals surface area (Å²) in [5.41, 5.74) is 5.06. The van der Waals surface area contributed by atoms with Crippen LogP contribution < -0.4 is 5.73 Å². The maximum atomic E-state index is 11.9. The van der Waals surface area contributed by atoms with Gasteiger partial charge in [0.2, 0.25) is 0 Å². The molecule has 1 saturated heterocycles. The van der Waals surface area contributed by atoms with Gasteiger partial charge in [-0.05, 0) is 33.7 Å². The van der Waals surface area contributed by atoms with Crippen LogP contribution in [0.5, 0.6) is 0 Å². The summed E-state index contributed by atoms with van der Waals surface area (Å²) in [5, 5.41) is 0. The third-order valence-corrected chi connectivity index (χ3v) is 2.36. The Labute approximate surface area is 96.9 Å². The van der Waals surface area contributed by atoms with Gasteiger partial charge in [-0.2, -0.15) is 0 Å². The molecule has 1 aliphatic rings. The normalized spacial score (nSPS) is 22.0. The molecule has 0 bridgehead atoms. The molecular formula is C11H22N2O3. The molecule has 2 N–H and O–H groups in total. The van der Waals surface area contributed by atoms with Gasteiger partial charge >= 0.3 is 6.09 Å². The highest BCUT2D eigenvalue weighted by Gasteiger charge is 2.30. The lowest BCUT2D eigenvalue weighted by molar-refractivity contribution is -0.0333. The Bertz CT molecular complexity index is 236. The van der Waals surface area contributed by atoms with Crippen molar-refractivity contribution < 1.29 is 14.3 Å². The van der Waals surface area contributed by atoms with Crippen LogP contribution in [0, 0.1) is 0 Å². The molecule has 1 rings (SSSR count). The van der Waals surface area contributed by atoms with Crippen LogP contribution in [0.15, 0.2) is 0 Å². The third-order valence-electron chi connectivity index (χ3n) is 2.36. The van der Waals surface area contributed by atoms with E-state index in [1.807, 2.05) is 20.8 Å². The number of ether oxygens (including phenoxy) is 2. The van der Waals surface area contributed by atoms with E-state index in [1.165, 1.54) is 0 Å². The lowest BCUT2D eigenvalue weighted by Crippen LogP contribution is -2.50. The summed E-state index contributed by atoms with van der Waals surface area (Å²) in [6.07, 6.45) is 0.480. The van der Waals surface area contributed by atoms with Crippen molar-refractivity contribution in [1.82, 2.24) is 4.90 Å². The van der Waals surface area contributed by atoms with Crippen molar-refractivity contribution in [3.05, 3.63) is 0 Å². The zero-order chi connectivity index (χ0) is 12.2. The topological polar surface area (TPSA) is 64.8 Å². The molecule has 0 unspecified atom stereocenters. The summed E-state index contributed by atoms with van der Waals surface area (Å²) in [7, 11) is 0. The summed E-state index contributed by atoms with van der Waals surface area (Å²) in [5.74, 6) is 0. The summed E-state index contributed by atoms with van der Waals surface area (Å²) in [6, 6.07) is 0.0496. The Morgan fingerprint density at radius 3 is 2.81 bits per heavy atom. The van der Waals surface area contributed by atoms with Gasteiger partial charge in [-0.3, -0.25) is 0 Å². The second-order valence-electron chi connectivity index (χ2n) is 4.98. The molecule has 1 atom stereocenters. The third kappa shape index (κ3) is 3.98. The van der Waals surface area contributed by atoms with Gasteiger partial charge in [0.25, 0.3) is 0 Å². The minimum absolute atomic E-state index is 0.0496. The maximum Gasteiger partial charge on any atom is 0.410 e. The van der Waals surface area contributed by atoms with Crippen LogP contribution in [-0.4, -0.2) is 48.9 Å². The summed E-state index contributed by atoms with van der Waals surface area (Å²) >= 11 is 0. The Hall–Kier alpha value is -0.810. The lowest BCUT2D eigenvalue weighted by Gasteiger charge is -2.36. The molecule has 0 aliphatic carbocycles. The number of hydrogen-bond donors (Lipinski definition) is 1. The van der Waals surface area contributed by atoms with Crippen molar-refractivity contribution in [3.8, 4) is 0 Å². The van der Waals surface area contributed by atoms with Crippen molar-refractivity contribution in [2.24, 2.45) is 5.73 Å². The van der Waals surface area contributed by atoms with E-state index in [9.17, 15) is 4.79 Å². The Balaban J connectivity index is 2.57. The minimum atomic E-state index is -0.456. The first kappa shape index (κ1) is 13.3. The molecule has 1 heterocycles. The van der Waals surface area contributed by atoms with Gasteiger partial charge in [-0.25, -0.2) is 4.79 Å². The molecule has 0 aromatic carbocycles. The monoisotopic (exact) mass is 230 g/mol. The van der Waals surface area contributed by atoms with Crippen LogP contribution in [0.25, 0.3) is 0 Å². The highest BCUT2D eigenvalue weighted by Crippen LogP contribution is 2.15. The second kappa shape index (κ2) is 5.50. The predicted octanol–water partition coefficient (Wildman–Crippen LogP) is 0.971. The van der Waals surface area contributed by atoms with Crippen LogP contribution in [0.3, 0.4) is 0 Å². The first-order valence-corrected chi connectivity index (χ1v) is 5.71. The molecule has 1 fully saturated rings. The smallest absolute Gasteiger partial charge is 0.410 e. The predicted molar refractivity (Wildman–Crippen MR) is 61.2 cm³/mol. The summed E-state index contributed by atoms with van der Waals surface area (Å²) in [4.78, 5) is 13.6. The SMILES string of the molecule is CC(C)(C)OC(=O)N1CCOC[C@H]1CCN. The van der Waals surface area contributed by atoms with E-state index in [0.29, 0.717) is 26.3 Å². The van der Waals surface area contributed by atoms with Gasteiger partial charge in [0.1, 0.15) is 5.60 Å². The molecule has 0 aromatic rings. The fourth-order valence-electron chi connectivity index (χ4n) is 1.65. The van der Waals surface area contributed by atoms with Gasteiger partial charge < -0.3 is 20.1 Å². The standard InChI is InChI=1S/C11H22N2O3/c1-11(2,3)16-10(14)13-6-7-15-8-9(13)4-5-12/h9H,4-8,12H2,1-3H3/t9-/m1/s1. The summed E-state index contributed by atoms with van der Waals surface area (Å²) < 4.78 is 10.7. The van der Waals surface area contributed by atoms with Gasteiger partial charge in [0.15, 0.2) is 0 Å². The van der Waals surface area contributed by atoms with Gasteiger partial charge in [0.05, 0.1) is 19.3 Å². The fourth-order valence-corrected chi connectivity index (χ4v) is 1.65. The zero-order valence-corrected chi connectivity index (χ0v) is 10.4. The Kier molecular flexibility index (Phi) is 4.56. The number of amides is 1. The van der Waals surface area contributed by atoms with E-state index in [0.717, 1.165) is 6.42 Å². The number of morpholine rings is 1. The van der Waals surface area contributed by atoms with E-state index in [1.54, 1.807) is 4.90 Å². The van der Waals surface area contributed by atoms with Crippen LogP contribution in [-0.2, 0) is 9.47 Å². The van der Waals surface area contributed by atoms with Crippen LogP contribution in [0.2, 0.25) is 0 Å². The van der Waals surface area contributed by atoms with E-state index in [2.05, 4.69) is 0 Å². The lowest BCUT2D eigenvalue weighted by atomic mass is 10.1. The highest BCUT2D eigenvalue weighted by atomic mass is 16.6.